The summed E-state index contributed by atoms with van der Waals surface area (Å²) in [5.41, 5.74) is 1.78. The standard InChI is InChI=1S/C20H23ClN2O3/c1-26-18-8-4-16(5-9-18)19(24)20(25)23-12-10-22(11-13-23)14-15-2-6-17(21)7-3-15/h2-9,19,24H,10-14H2,1H3/t19-/m0/s1. The number of hydrogen-bond donors (Lipinski definition) is 1. The van der Waals surface area contributed by atoms with Gasteiger partial charge in [-0.1, -0.05) is 35.9 Å². The minimum Gasteiger partial charge on any atom is -0.497 e. The Kier molecular flexibility index (Phi) is 6.14. The topological polar surface area (TPSA) is 53.0 Å². The van der Waals surface area contributed by atoms with Crippen LogP contribution >= 0.6 is 11.6 Å². The van der Waals surface area contributed by atoms with Gasteiger partial charge in [0.2, 0.25) is 0 Å². The third-order valence-electron chi connectivity index (χ3n) is 4.67. The highest BCUT2D eigenvalue weighted by Gasteiger charge is 2.27. The van der Waals surface area contributed by atoms with E-state index in [1.54, 1.807) is 36.3 Å². The van der Waals surface area contributed by atoms with E-state index in [0.29, 0.717) is 24.4 Å². The molecule has 138 valence electrons. The van der Waals surface area contributed by atoms with Gasteiger partial charge in [0, 0.05) is 37.7 Å². The van der Waals surface area contributed by atoms with Crippen LogP contribution in [0.25, 0.3) is 0 Å². The predicted octanol–water partition coefficient (Wildman–Crippen LogP) is 2.73. The number of carbonyl (C=O) groups excluding carboxylic acids is 1. The molecule has 0 radical (unpaired) electrons. The summed E-state index contributed by atoms with van der Waals surface area (Å²) in [5, 5.41) is 11.1. The molecule has 0 saturated carbocycles. The molecule has 1 fully saturated rings. The van der Waals surface area contributed by atoms with Gasteiger partial charge in [-0.25, -0.2) is 0 Å². The lowest BCUT2D eigenvalue weighted by molar-refractivity contribution is -0.142. The lowest BCUT2D eigenvalue weighted by Crippen LogP contribution is -2.49. The van der Waals surface area contributed by atoms with Crippen LogP contribution in [0.5, 0.6) is 5.75 Å². The van der Waals surface area contributed by atoms with Crippen LogP contribution in [0.15, 0.2) is 48.5 Å². The van der Waals surface area contributed by atoms with E-state index in [9.17, 15) is 9.90 Å². The van der Waals surface area contributed by atoms with E-state index in [4.69, 9.17) is 16.3 Å². The molecule has 3 rings (SSSR count). The molecule has 2 aromatic rings. The number of ether oxygens (including phenoxy) is 1. The molecule has 0 bridgehead atoms. The summed E-state index contributed by atoms with van der Waals surface area (Å²) >= 11 is 5.92. The fourth-order valence-electron chi connectivity index (χ4n) is 3.08. The van der Waals surface area contributed by atoms with E-state index in [2.05, 4.69) is 4.90 Å². The zero-order valence-electron chi connectivity index (χ0n) is 14.8. The van der Waals surface area contributed by atoms with Crippen LogP contribution in [-0.2, 0) is 11.3 Å². The number of hydrogen-bond acceptors (Lipinski definition) is 4. The molecule has 1 saturated heterocycles. The third kappa shape index (κ3) is 4.55. The number of methoxy groups -OCH3 is 1. The number of aliphatic hydroxyl groups is 1. The van der Waals surface area contributed by atoms with Gasteiger partial charge in [-0.15, -0.1) is 0 Å². The molecule has 26 heavy (non-hydrogen) atoms. The molecule has 0 unspecified atom stereocenters. The average Bonchev–Trinajstić information content (AvgIpc) is 2.69. The molecule has 1 amide bonds. The van der Waals surface area contributed by atoms with Gasteiger partial charge in [0.25, 0.3) is 5.91 Å². The van der Waals surface area contributed by atoms with Gasteiger partial charge in [0.15, 0.2) is 6.10 Å². The maximum absolute atomic E-state index is 12.6. The zero-order valence-corrected chi connectivity index (χ0v) is 15.5. The van der Waals surface area contributed by atoms with Crippen molar-refractivity contribution in [3.63, 3.8) is 0 Å². The molecular formula is C20H23ClN2O3. The molecule has 6 heteroatoms. The second-order valence-electron chi connectivity index (χ2n) is 6.40. The van der Waals surface area contributed by atoms with Crippen molar-refractivity contribution in [1.82, 2.24) is 9.80 Å². The van der Waals surface area contributed by atoms with Gasteiger partial charge in [0.05, 0.1) is 7.11 Å². The van der Waals surface area contributed by atoms with Crippen LogP contribution in [0.1, 0.15) is 17.2 Å². The van der Waals surface area contributed by atoms with Gasteiger partial charge in [-0.3, -0.25) is 9.69 Å². The molecule has 1 aliphatic rings. The van der Waals surface area contributed by atoms with Gasteiger partial charge in [0.1, 0.15) is 5.75 Å². The fourth-order valence-corrected chi connectivity index (χ4v) is 3.20. The van der Waals surface area contributed by atoms with Crippen molar-refractivity contribution < 1.29 is 14.6 Å². The molecule has 0 aliphatic carbocycles. The fraction of sp³-hybridized carbons (Fsp3) is 0.350. The average molecular weight is 375 g/mol. The van der Waals surface area contributed by atoms with Crippen molar-refractivity contribution >= 4 is 17.5 Å². The van der Waals surface area contributed by atoms with Gasteiger partial charge < -0.3 is 14.7 Å². The molecule has 1 atom stereocenters. The minimum absolute atomic E-state index is 0.249. The summed E-state index contributed by atoms with van der Waals surface area (Å²) in [6.07, 6.45) is -1.14. The van der Waals surface area contributed by atoms with Gasteiger partial charge in [-0.05, 0) is 35.4 Å². The van der Waals surface area contributed by atoms with Crippen LogP contribution in [0.3, 0.4) is 0 Å². The predicted molar refractivity (Wildman–Crippen MR) is 101 cm³/mol. The first kappa shape index (κ1) is 18.7. The number of amides is 1. The lowest BCUT2D eigenvalue weighted by atomic mass is 10.1. The van der Waals surface area contributed by atoms with Crippen molar-refractivity contribution in [2.45, 2.75) is 12.6 Å². The number of halogens is 1. The monoisotopic (exact) mass is 374 g/mol. The smallest absolute Gasteiger partial charge is 0.256 e. The number of nitrogens with zero attached hydrogens (tertiary/aromatic N) is 2. The Labute approximate surface area is 158 Å². The second-order valence-corrected chi connectivity index (χ2v) is 6.84. The van der Waals surface area contributed by atoms with Crippen LogP contribution in [0, 0.1) is 0 Å². The molecule has 1 aliphatic heterocycles. The van der Waals surface area contributed by atoms with Crippen molar-refractivity contribution in [2.24, 2.45) is 0 Å². The van der Waals surface area contributed by atoms with Crippen LogP contribution < -0.4 is 4.74 Å². The first-order chi connectivity index (χ1) is 12.6. The van der Waals surface area contributed by atoms with Crippen LogP contribution in [0.4, 0.5) is 0 Å². The van der Waals surface area contributed by atoms with Crippen molar-refractivity contribution in [2.75, 3.05) is 33.3 Å². The van der Waals surface area contributed by atoms with Gasteiger partial charge in [-0.2, -0.15) is 0 Å². The Morgan fingerprint density at radius 1 is 1.08 bits per heavy atom. The van der Waals surface area contributed by atoms with Crippen molar-refractivity contribution in [3.8, 4) is 5.75 Å². The number of benzene rings is 2. The van der Waals surface area contributed by atoms with E-state index >= 15 is 0 Å². The Morgan fingerprint density at radius 3 is 2.27 bits per heavy atom. The molecule has 1 N–H and O–H groups in total. The van der Waals surface area contributed by atoms with E-state index in [-0.39, 0.29) is 5.91 Å². The SMILES string of the molecule is COc1ccc([C@H](O)C(=O)N2CCN(Cc3ccc(Cl)cc3)CC2)cc1. The van der Waals surface area contributed by atoms with Crippen molar-refractivity contribution in [1.29, 1.82) is 0 Å². The molecule has 1 heterocycles. The highest BCUT2D eigenvalue weighted by atomic mass is 35.5. The number of carbonyl (C=O) groups is 1. The number of aliphatic hydroxyl groups excluding tert-OH is 1. The summed E-state index contributed by atoms with van der Waals surface area (Å²) < 4.78 is 5.10. The van der Waals surface area contributed by atoms with Crippen molar-refractivity contribution in [3.05, 3.63) is 64.7 Å². The summed E-state index contributed by atoms with van der Waals surface area (Å²) in [7, 11) is 1.58. The van der Waals surface area contributed by atoms with E-state index in [1.807, 2.05) is 24.3 Å². The van der Waals surface area contributed by atoms with E-state index < -0.39 is 6.10 Å². The molecule has 0 aromatic heterocycles. The molecule has 5 nitrogen and oxygen atoms in total. The quantitative estimate of drug-likeness (QED) is 0.874. The largest absolute Gasteiger partial charge is 0.497 e. The zero-order chi connectivity index (χ0) is 18.5. The first-order valence-electron chi connectivity index (χ1n) is 8.64. The summed E-state index contributed by atoms with van der Waals surface area (Å²) in [4.78, 5) is 16.6. The number of rotatable bonds is 5. The molecule has 2 aromatic carbocycles. The third-order valence-corrected chi connectivity index (χ3v) is 4.92. The minimum atomic E-state index is -1.14. The Morgan fingerprint density at radius 2 is 1.69 bits per heavy atom. The first-order valence-corrected chi connectivity index (χ1v) is 9.02. The maximum Gasteiger partial charge on any atom is 0.256 e. The Bertz CT molecular complexity index is 726. The summed E-state index contributed by atoms with van der Waals surface area (Å²) in [5.74, 6) is 0.450. The lowest BCUT2D eigenvalue weighted by Gasteiger charge is -2.35. The number of piperazine rings is 1. The normalized spacial score (nSPS) is 16.3. The molecule has 0 spiro atoms. The maximum atomic E-state index is 12.6. The summed E-state index contributed by atoms with van der Waals surface area (Å²) in [6.45, 7) is 3.62. The van der Waals surface area contributed by atoms with E-state index in [1.165, 1.54) is 5.56 Å². The van der Waals surface area contributed by atoms with E-state index in [0.717, 1.165) is 24.7 Å². The Balaban J connectivity index is 1.53. The van der Waals surface area contributed by atoms with Crippen LogP contribution in [0.2, 0.25) is 5.02 Å². The second kappa shape index (κ2) is 8.54. The van der Waals surface area contributed by atoms with Gasteiger partial charge >= 0.3 is 0 Å². The highest BCUT2D eigenvalue weighted by Crippen LogP contribution is 2.20. The molecular weight excluding hydrogens is 352 g/mol. The summed E-state index contributed by atoms with van der Waals surface area (Å²) in [6, 6.07) is 14.8. The highest BCUT2D eigenvalue weighted by molar-refractivity contribution is 6.30. The van der Waals surface area contributed by atoms with Crippen LogP contribution in [-0.4, -0.2) is 54.1 Å². The Hall–Kier alpha value is -2.08.